The molecule has 2 fully saturated rings. The lowest BCUT2D eigenvalue weighted by atomic mass is 9.62. The Hall–Kier alpha value is -1.91. The molecule has 1 spiro atoms. The topological polar surface area (TPSA) is 28.6 Å². The van der Waals surface area contributed by atoms with E-state index in [-0.39, 0.29) is 0 Å². The van der Waals surface area contributed by atoms with Crippen molar-refractivity contribution in [1.29, 1.82) is 0 Å². The number of benzene rings is 1. The molecule has 0 aliphatic carbocycles. The summed E-state index contributed by atoms with van der Waals surface area (Å²) in [4.78, 5) is 9.48. The zero-order valence-electron chi connectivity index (χ0n) is 17.9. The quantitative estimate of drug-likeness (QED) is 0.740. The molecule has 0 amide bonds. The van der Waals surface area contributed by atoms with Gasteiger partial charge in [0.15, 0.2) is 0 Å². The van der Waals surface area contributed by atoms with Crippen molar-refractivity contribution in [3.63, 3.8) is 0 Å². The Morgan fingerprint density at radius 3 is 2.54 bits per heavy atom. The summed E-state index contributed by atoms with van der Waals surface area (Å²) in [5, 5.41) is 0. The molecule has 0 radical (unpaired) electrons. The van der Waals surface area contributed by atoms with Crippen molar-refractivity contribution in [3.8, 4) is 5.88 Å². The van der Waals surface area contributed by atoms with Gasteiger partial charge in [-0.25, -0.2) is 4.98 Å². The van der Waals surface area contributed by atoms with Gasteiger partial charge in [0, 0.05) is 55.9 Å². The van der Waals surface area contributed by atoms with E-state index in [0.717, 1.165) is 19.6 Å². The monoisotopic (exact) mass is 379 g/mol. The van der Waals surface area contributed by atoms with E-state index in [1.165, 1.54) is 17.7 Å². The van der Waals surface area contributed by atoms with Crippen molar-refractivity contribution >= 4 is 0 Å². The molecule has 2 aliphatic rings. The number of hydrogen-bond acceptors (Lipinski definition) is 4. The second-order valence-electron chi connectivity index (χ2n) is 9.17. The van der Waals surface area contributed by atoms with Crippen LogP contribution in [0.4, 0.5) is 0 Å². The van der Waals surface area contributed by atoms with Gasteiger partial charge in [0.1, 0.15) is 0 Å². The van der Waals surface area contributed by atoms with Crippen LogP contribution in [0.25, 0.3) is 0 Å². The molecule has 2 saturated heterocycles. The van der Waals surface area contributed by atoms with Crippen LogP contribution >= 0.6 is 0 Å². The predicted molar refractivity (Wildman–Crippen MR) is 114 cm³/mol. The first-order chi connectivity index (χ1) is 13.4. The maximum absolute atomic E-state index is 5.28. The zero-order valence-corrected chi connectivity index (χ0v) is 17.9. The fourth-order valence-electron chi connectivity index (χ4n) is 5.20. The lowest BCUT2D eigenvalue weighted by Gasteiger charge is -2.67. The van der Waals surface area contributed by atoms with E-state index < -0.39 is 0 Å². The molecule has 2 aromatic rings. The number of nitrogens with zero attached hydrogens (tertiary/aromatic N) is 3. The van der Waals surface area contributed by atoms with Gasteiger partial charge in [-0.3, -0.25) is 9.80 Å². The summed E-state index contributed by atoms with van der Waals surface area (Å²) in [5.41, 5.74) is 4.73. The summed E-state index contributed by atoms with van der Waals surface area (Å²) in [7, 11) is 1.68. The molecule has 1 atom stereocenters. The first kappa shape index (κ1) is 19.4. The summed E-state index contributed by atoms with van der Waals surface area (Å²) in [5.74, 6) is 1.26. The lowest BCUT2D eigenvalue weighted by molar-refractivity contribution is -0.182. The number of pyridine rings is 1. The molecule has 28 heavy (non-hydrogen) atoms. The number of hydrogen-bond donors (Lipinski definition) is 0. The van der Waals surface area contributed by atoms with Gasteiger partial charge in [0.05, 0.1) is 7.11 Å². The third kappa shape index (κ3) is 3.33. The number of likely N-dealkylation sites (tertiary alicyclic amines) is 2. The summed E-state index contributed by atoms with van der Waals surface area (Å²) in [6, 6.07) is 14.4. The highest BCUT2D eigenvalue weighted by Gasteiger charge is 2.60. The van der Waals surface area contributed by atoms with Gasteiger partial charge in [-0.15, -0.1) is 0 Å². The van der Waals surface area contributed by atoms with Crippen molar-refractivity contribution in [2.75, 3.05) is 26.7 Å². The summed E-state index contributed by atoms with van der Waals surface area (Å²) >= 11 is 0. The largest absolute Gasteiger partial charge is 0.481 e. The molecule has 2 aliphatic heterocycles. The van der Waals surface area contributed by atoms with Crippen LogP contribution in [0.15, 0.2) is 42.6 Å². The minimum atomic E-state index is 0.395. The number of rotatable bonds is 6. The summed E-state index contributed by atoms with van der Waals surface area (Å²) in [6.45, 7) is 13.8. The average Bonchev–Trinajstić information content (AvgIpc) is 2.63. The molecule has 1 aromatic carbocycles. The van der Waals surface area contributed by atoms with Crippen molar-refractivity contribution in [3.05, 3.63) is 59.3 Å². The van der Waals surface area contributed by atoms with Crippen LogP contribution in [-0.4, -0.2) is 47.6 Å². The van der Waals surface area contributed by atoms with Crippen molar-refractivity contribution < 1.29 is 4.74 Å². The van der Waals surface area contributed by atoms with Gasteiger partial charge in [-0.1, -0.05) is 38.1 Å². The number of ether oxygens (including phenoxy) is 1. The SMILES string of the molecule is COc1cc(CN2CC3(C2)CN(C(C)C)C3c2ccccc2C(C)C)ccn1. The molecule has 1 aromatic heterocycles. The minimum absolute atomic E-state index is 0.395. The van der Waals surface area contributed by atoms with E-state index in [1.807, 2.05) is 6.20 Å². The molecule has 4 heteroatoms. The summed E-state index contributed by atoms with van der Waals surface area (Å²) < 4.78 is 5.28. The molecule has 3 heterocycles. The van der Waals surface area contributed by atoms with Crippen LogP contribution in [0.5, 0.6) is 5.88 Å². The standard InChI is InChI=1S/C24H33N3O/c1-17(2)20-8-6-7-9-21(20)23-24(16-27(23)18(3)4)14-26(15-24)13-19-10-11-25-22(12-19)28-5/h6-12,17-18,23H,13-16H2,1-5H3. The van der Waals surface area contributed by atoms with Gasteiger partial charge in [0.25, 0.3) is 0 Å². The maximum atomic E-state index is 5.28. The smallest absolute Gasteiger partial charge is 0.213 e. The highest BCUT2D eigenvalue weighted by molar-refractivity contribution is 5.37. The Balaban J connectivity index is 1.52. The van der Waals surface area contributed by atoms with Crippen molar-refractivity contribution in [1.82, 2.24) is 14.8 Å². The Labute approximate surface area is 169 Å². The predicted octanol–water partition coefficient (Wildman–Crippen LogP) is 4.48. The first-order valence-electron chi connectivity index (χ1n) is 10.5. The average molecular weight is 380 g/mol. The fourth-order valence-corrected chi connectivity index (χ4v) is 5.20. The van der Waals surface area contributed by atoms with Crippen LogP contribution in [0.3, 0.4) is 0 Å². The Kier molecular flexibility index (Phi) is 5.19. The van der Waals surface area contributed by atoms with Gasteiger partial charge >= 0.3 is 0 Å². The van der Waals surface area contributed by atoms with Crippen LogP contribution in [0.1, 0.15) is 56.3 Å². The summed E-state index contributed by atoms with van der Waals surface area (Å²) in [6.07, 6.45) is 1.84. The van der Waals surface area contributed by atoms with Crippen molar-refractivity contribution in [2.24, 2.45) is 5.41 Å². The van der Waals surface area contributed by atoms with Gasteiger partial charge in [-0.05, 0) is 42.5 Å². The van der Waals surface area contributed by atoms with Gasteiger partial charge in [-0.2, -0.15) is 0 Å². The first-order valence-corrected chi connectivity index (χ1v) is 10.5. The second-order valence-corrected chi connectivity index (χ2v) is 9.17. The number of methoxy groups -OCH3 is 1. The Bertz CT molecular complexity index is 826. The van der Waals surface area contributed by atoms with Gasteiger partial charge < -0.3 is 4.74 Å². The normalized spacial score (nSPS) is 21.8. The second kappa shape index (κ2) is 7.49. The Morgan fingerprint density at radius 2 is 1.86 bits per heavy atom. The zero-order chi connectivity index (χ0) is 19.9. The third-order valence-corrected chi connectivity index (χ3v) is 6.48. The van der Waals surface area contributed by atoms with E-state index in [2.05, 4.69) is 78.9 Å². The highest BCUT2D eigenvalue weighted by atomic mass is 16.5. The van der Waals surface area contributed by atoms with E-state index in [0.29, 0.717) is 29.3 Å². The number of aromatic nitrogens is 1. The molecule has 4 rings (SSSR count). The van der Waals surface area contributed by atoms with Crippen LogP contribution in [0, 0.1) is 5.41 Å². The van der Waals surface area contributed by atoms with Crippen molar-refractivity contribution in [2.45, 2.75) is 52.2 Å². The third-order valence-electron chi connectivity index (χ3n) is 6.48. The molecular formula is C24H33N3O. The Morgan fingerprint density at radius 1 is 1.11 bits per heavy atom. The van der Waals surface area contributed by atoms with Crippen LogP contribution in [-0.2, 0) is 6.54 Å². The van der Waals surface area contributed by atoms with Crippen LogP contribution in [0.2, 0.25) is 0 Å². The van der Waals surface area contributed by atoms with E-state index in [9.17, 15) is 0 Å². The molecular weight excluding hydrogens is 346 g/mol. The lowest BCUT2D eigenvalue weighted by Crippen LogP contribution is -2.73. The molecule has 150 valence electrons. The van der Waals surface area contributed by atoms with Crippen LogP contribution < -0.4 is 4.74 Å². The fraction of sp³-hybridized carbons (Fsp3) is 0.542. The maximum Gasteiger partial charge on any atom is 0.213 e. The molecule has 0 saturated carbocycles. The minimum Gasteiger partial charge on any atom is -0.481 e. The highest BCUT2D eigenvalue weighted by Crippen LogP contribution is 2.56. The van der Waals surface area contributed by atoms with Gasteiger partial charge in [0.2, 0.25) is 5.88 Å². The van der Waals surface area contributed by atoms with E-state index in [4.69, 9.17) is 4.74 Å². The molecule has 0 bridgehead atoms. The molecule has 4 nitrogen and oxygen atoms in total. The van der Waals surface area contributed by atoms with E-state index >= 15 is 0 Å². The molecule has 0 N–H and O–H groups in total. The molecule has 1 unspecified atom stereocenters. The van der Waals surface area contributed by atoms with E-state index in [1.54, 1.807) is 12.7 Å².